The molecule has 80 valence electrons. The number of phenolic OH excluding ortho intramolecular Hbond substituents is 1. The summed E-state index contributed by atoms with van der Waals surface area (Å²) in [4.78, 5) is 0. The number of hydrogen-bond donors (Lipinski definition) is 2. The van der Waals surface area contributed by atoms with Gasteiger partial charge in [0.15, 0.2) is 0 Å². The zero-order valence-corrected chi connectivity index (χ0v) is 9.07. The molecule has 1 aromatic carbocycles. The number of aromatic hydroxyl groups is 1. The van der Waals surface area contributed by atoms with Crippen LogP contribution in [0.5, 0.6) is 5.75 Å². The summed E-state index contributed by atoms with van der Waals surface area (Å²) in [6.45, 7) is 1.99. The molecule has 1 aromatic heterocycles. The smallest absolute Gasteiger partial charge is 0.116 e. The van der Waals surface area contributed by atoms with E-state index in [2.05, 4.69) is 10.8 Å². The fourth-order valence-corrected chi connectivity index (χ4v) is 1.97. The van der Waals surface area contributed by atoms with Gasteiger partial charge in [-0.1, -0.05) is 0 Å². The number of aromatic nitrogens is 1. The second-order valence-electron chi connectivity index (χ2n) is 4.15. The highest BCUT2D eigenvalue weighted by Gasteiger charge is 2.08. The highest BCUT2D eigenvalue weighted by Crippen LogP contribution is 2.25. The normalized spacial score (nSPS) is 13.3. The molecule has 0 bridgehead atoms. The van der Waals surface area contributed by atoms with Gasteiger partial charge in [-0.05, 0) is 37.1 Å². The Labute approximate surface area is 89.1 Å². The minimum atomic E-state index is 0.137. The van der Waals surface area contributed by atoms with Crippen molar-refractivity contribution in [3.63, 3.8) is 0 Å². The molecule has 0 fully saturated rings. The molecule has 1 heterocycles. The number of phenols is 1. The number of fused-ring (bicyclic) bond motifs is 1. The Morgan fingerprint density at radius 3 is 2.87 bits per heavy atom. The number of aryl methyl sites for hydroxylation is 1. The lowest BCUT2D eigenvalue weighted by molar-refractivity contribution is 0.476. The Morgan fingerprint density at radius 2 is 2.20 bits per heavy atom. The van der Waals surface area contributed by atoms with Crippen molar-refractivity contribution in [3.05, 3.63) is 30.0 Å². The SMILES string of the molecule is CC(N)Cc1cn(C)c2ccc(O)cc12. The molecule has 0 amide bonds. The molecule has 0 aliphatic carbocycles. The average Bonchev–Trinajstić information content (AvgIpc) is 2.42. The Morgan fingerprint density at radius 1 is 1.47 bits per heavy atom. The van der Waals surface area contributed by atoms with E-state index in [-0.39, 0.29) is 6.04 Å². The van der Waals surface area contributed by atoms with Crippen LogP contribution < -0.4 is 5.73 Å². The minimum Gasteiger partial charge on any atom is -0.508 e. The quantitative estimate of drug-likeness (QED) is 0.783. The maximum Gasteiger partial charge on any atom is 0.116 e. The molecule has 0 spiro atoms. The Hall–Kier alpha value is -1.48. The van der Waals surface area contributed by atoms with Gasteiger partial charge in [0.2, 0.25) is 0 Å². The number of benzene rings is 1. The first-order chi connectivity index (χ1) is 7.08. The van der Waals surface area contributed by atoms with Gasteiger partial charge in [-0.15, -0.1) is 0 Å². The summed E-state index contributed by atoms with van der Waals surface area (Å²) in [6, 6.07) is 5.57. The molecule has 15 heavy (non-hydrogen) atoms. The third kappa shape index (κ3) is 1.83. The lowest BCUT2D eigenvalue weighted by Crippen LogP contribution is -2.17. The fourth-order valence-electron chi connectivity index (χ4n) is 1.97. The first kappa shape index (κ1) is 10.1. The van der Waals surface area contributed by atoms with Crippen molar-refractivity contribution < 1.29 is 5.11 Å². The summed E-state index contributed by atoms with van der Waals surface area (Å²) >= 11 is 0. The molecule has 3 nitrogen and oxygen atoms in total. The summed E-state index contributed by atoms with van der Waals surface area (Å²) in [6.07, 6.45) is 2.91. The Kier molecular flexibility index (Phi) is 2.40. The Balaban J connectivity index is 2.59. The summed E-state index contributed by atoms with van der Waals surface area (Å²) in [5.41, 5.74) is 8.11. The molecule has 0 aliphatic rings. The van der Waals surface area contributed by atoms with Crippen LogP contribution in [0.3, 0.4) is 0 Å². The van der Waals surface area contributed by atoms with Crippen molar-refractivity contribution in [1.29, 1.82) is 0 Å². The first-order valence-corrected chi connectivity index (χ1v) is 5.10. The zero-order chi connectivity index (χ0) is 11.0. The molecule has 3 N–H and O–H groups in total. The molecular formula is C12H16N2O. The van der Waals surface area contributed by atoms with E-state index < -0.39 is 0 Å². The van der Waals surface area contributed by atoms with Crippen LogP contribution in [0.4, 0.5) is 0 Å². The number of nitrogens with two attached hydrogens (primary N) is 1. The van der Waals surface area contributed by atoms with Crippen LogP contribution in [0, 0.1) is 0 Å². The van der Waals surface area contributed by atoms with E-state index in [1.807, 2.05) is 20.0 Å². The monoisotopic (exact) mass is 204 g/mol. The van der Waals surface area contributed by atoms with Gasteiger partial charge in [0, 0.05) is 30.2 Å². The van der Waals surface area contributed by atoms with Crippen molar-refractivity contribution >= 4 is 10.9 Å². The molecule has 0 saturated heterocycles. The van der Waals surface area contributed by atoms with Crippen LogP contribution >= 0.6 is 0 Å². The van der Waals surface area contributed by atoms with E-state index >= 15 is 0 Å². The highest BCUT2D eigenvalue weighted by atomic mass is 16.3. The van der Waals surface area contributed by atoms with E-state index in [9.17, 15) is 5.11 Å². The first-order valence-electron chi connectivity index (χ1n) is 5.10. The van der Waals surface area contributed by atoms with Crippen molar-refractivity contribution in [2.45, 2.75) is 19.4 Å². The van der Waals surface area contributed by atoms with E-state index in [0.717, 1.165) is 17.3 Å². The van der Waals surface area contributed by atoms with Gasteiger partial charge >= 0.3 is 0 Å². The van der Waals surface area contributed by atoms with E-state index in [1.165, 1.54) is 5.56 Å². The van der Waals surface area contributed by atoms with E-state index in [0.29, 0.717) is 5.75 Å². The molecule has 1 atom stereocenters. The van der Waals surface area contributed by atoms with Gasteiger partial charge in [0.25, 0.3) is 0 Å². The van der Waals surface area contributed by atoms with Crippen molar-refractivity contribution in [1.82, 2.24) is 4.57 Å². The predicted octanol–water partition coefficient (Wildman–Crippen LogP) is 1.77. The Bertz CT molecular complexity index is 486. The van der Waals surface area contributed by atoms with Gasteiger partial charge in [0.1, 0.15) is 5.75 Å². The molecule has 0 radical (unpaired) electrons. The lowest BCUT2D eigenvalue weighted by Gasteiger charge is -2.02. The maximum atomic E-state index is 9.46. The van der Waals surface area contributed by atoms with Gasteiger partial charge < -0.3 is 15.4 Å². The van der Waals surface area contributed by atoms with E-state index in [4.69, 9.17) is 5.73 Å². The average molecular weight is 204 g/mol. The lowest BCUT2D eigenvalue weighted by atomic mass is 10.1. The third-order valence-corrected chi connectivity index (χ3v) is 2.60. The fraction of sp³-hybridized carbons (Fsp3) is 0.333. The standard InChI is InChI=1S/C12H16N2O/c1-8(13)5-9-7-14(2)12-4-3-10(15)6-11(9)12/h3-4,6-8,15H,5,13H2,1-2H3. The van der Waals surface area contributed by atoms with Crippen LogP contribution in [0.15, 0.2) is 24.4 Å². The summed E-state index contributed by atoms with van der Waals surface area (Å²) in [5, 5.41) is 10.5. The van der Waals surface area contributed by atoms with Crippen LogP contribution in [-0.2, 0) is 13.5 Å². The van der Waals surface area contributed by atoms with Crippen LogP contribution in [-0.4, -0.2) is 15.7 Å². The van der Waals surface area contributed by atoms with Crippen molar-refractivity contribution in [3.8, 4) is 5.75 Å². The number of rotatable bonds is 2. The van der Waals surface area contributed by atoms with Gasteiger partial charge in [-0.2, -0.15) is 0 Å². The molecule has 1 unspecified atom stereocenters. The number of nitrogens with zero attached hydrogens (tertiary/aromatic N) is 1. The summed E-state index contributed by atoms with van der Waals surface area (Å²) < 4.78 is 2.06. The molecule has 3 heteroatoms. The molecule has 2 aromatic rings. The van der Waals surface area contributed by atoms with Gasteiger partial charge in [-0.3, -0.25) is 0 Å². The van der Waals surface area contributed by atoms with Crippen molar-refractivity contribution in [2.75, 3.05) is 0 Å². The second-order valence-corrected chi connectivity index (χ2v) is 4.15. The van der Waals surface area contributed by atoms with Crippen LogP contribution in [0.1, 0.15) is 12.5 Å². The molecular weight excluding hydrogens is 188 g/mol. The third-order valence-electron chi connectivity index (χ3n) is 2.60. The van der Waals surface area contributed by atoms with Gasteiger partial charge in [0.05, 0.1) is 0 Å². The highest BCUT2D eigenvalue weighted by molar-refractivity contribution is 5.85. The minimum absolute atomic E-state index is 0.137. The maximum absolute atomic E-state index is 9.46. The molecule has 0 saturated carbocycles. The van der Waals surface area contributed by atoms with E-state index in [1.54, 1.807) is 12.1 Å². The molecule has 2 rings (SSSR count). The van der Waals surface area contributed by atoms with Crippen LogP contribution in [0.25, 0.3) is 10.9 Å². The topological polar surface area (TPSA) is 51.2 Å². The zero-order valence-electron chi connectivity index (χ0n) is 9.07. The predicted molar refractivity (Wildman–Crippen MR) is 61.9 cm³/mol. The summed E-state index contributed by atoms with van der Waals surface area (Å²) in [7, 11) is 2.00. The van der Waals surface area contributed by atoms with Crippen LogP contribution in [0.2, 0.25) is 0 Å². The second kappa shape index (κ2) is 3.59. The largest absolute Gasteiger partial charge is 0.508 e. The van der Waals surface area contributed by atoms with Crippen molar-refractivity contribution in [2.24, 2.45) is 12.8 Å². The number of hydrogen-bond acceptors (Lipinski definition) is 2. The van der Waals surface area contributed by atoms with Gasteiger partial charge in [-0.25, -0.2) is 0 Å². The molecule has 0 aliphatic heterocycles. The summed E-state index contributed by atoms with van der Waals surface area (Å²) in [5.74, 6) is 0.305.